The molecule has 19 heavy (non-hydrogen) atoms. The van der Waals surface area contributed by atoms with E-state index in [0.29, 0.717) is 0 Å². The Labute approximate surface area is 116 Å². The molecular weight excluding hydrogens is 256 g/mol. The van der Waals surface area contributed by atoms with Crippen LogP contribution in [0, 0.1) is 13.8 Å². The molecule has 0 spiro atoms. The first kappa shape index (κ1) is 12.4. The lowest BCUT2D eigenvalue weighted by atomic mass is 10.1. The van der Waals surface area contributed by atoms with Crippen LogP contribution >= 0.6 is 11.3 Å². The van der Waals surface area contributed by atoms with Crippen LogP contribution in [0.25, 0.3) is 11.0 Å². The quantitative estimate of drug-likeness (QED) is 0.790. The molecule has 4 heteroatoms. The van der Waals surface area contributed by atoms with Crippen LogP contribution in [0.3, 0.4) is 0 Å². The van der Waals surface area contributed by atoms with E-state index in [4.69, 9.17) is 10.2 Å². The lowest BCUT2D eigenvalue weighted by molar-refractivity contribution is 0.493. The molecule has 2 heterocycles. The Hall–Kier alpha value is -1.65. The van der Waals surface area contributed by atoms with Crippen molar-refractivity contribution >= 4 is 22.3 Å². The Morgan fingerprint density at radius 3 is 2.89 bits per heavy atom. The van der Waals surface area contributed by atoms with E-state index >= 15 is 0 Å². The molecule has 3 nitrogen and oxygen atoms in total. The molecule has 98 valence electrons. The maximum Gasteiger partial charge on any atom is 0.134 e. The normalized spacial score (nSPS) is 13.0. The zero-order valence-corrected chi connectivity index (χ0v) is 11.8. The fourth-order valence-corrected chi connectivity index (χ4v) is 2.98. The van der Waals surface area contributed by atoms with Crippen molar-refractivity contribution in [2.24, 2.45) is 5.73 Å². The third-order valence-corrected chi connectivity index (χ3v) is 4.11. The Kier molecular flexibility index (Phi) is 3.12. The van der Waals surface area contributed by atoms with Gasteiger partial charge in [-0.3, -0.25) is 0 Å². The fraction of sp³-hybridized carbons (Fsp3) is 0.267. The highest BCUT2D eigenvalue weighted by atomic mass is 32.1. The number of benzene rings is 1. The van der Waals surface area contributed by atoms with Gasteiger partial charge in [-0.25, -0.2) is 4.98 Å². The van der Waals surface area contributed by atoms with Gasteiger partial charge in [-0.2, -0.15) is 0 Å². The van der Waals surface area contributed by atoms with E-state index in [1.54, 1.807) is 11.3 Å². The smallest absolute Gasteiger partial charge is 0.134 e. The average molecular weight is 272 g/mol. The van der Waals surface area contributed by atoms with Crippen LogP contribution in [0.4, 0.5) is 0 Å². The molecule has 0 saturated heterocycles. The number of aryl methyl sites for hydroxylation is 2. The predicted octanol–water partition coefficient (Wildman–Crippen LogP) is 3.75. The summed E-state index contributed by atoms with van der Waals surface area (Å²) in [5.74, 6) is 0.827. The highest BCUT2D eigenvalue weighted by molar-refractivity contribution is 7.09. The minimum Gasteiger partial charge on any atom is -0.459 e. The van der Waals surface area contributed by atoms with Crippen molar-refractivity contribution in [2.75, 3.05) is 0 Å². The van der Waals surface area contributed by atoms with Crippen molar-refractivity contribution in [1.82, 2.24) is 4.98 Å². The van der Waals surface area contributed by atoms with Crippen molar-refractivity contribution in [2.45, 2.75) is 26.3 Å². The summed E-state index contributed by atoms with van der Waals surface area (Å²) in [5.41, 5.74) is 9.38. The number of rotatable bonds is 3. The number of hydrogen-bond acceptors (Lipinski definition) is 4. The van der Waals surface area contributed by atoms with Crippen LogP contribution in [0.2, 0.25) is 0 Å². The molecule has 0 bridgehead atoms. The first-order valence-corrected chi connectivity index (χ1v) is 7.16. The molecular formula is C15H16N2OS. The highest BCUT2D eigenvalue weighted by Crippen LogP contribution is 2.26. The molecule has 3 rings (SSSR count). The lowest BCUT2D eigenvalue weighted by Crippen LogP contribution is -2.12. The van der Waals surface area contributed by atoms with Crippen LogP contribution in [-0.2, 0) is 6.42 Å². The second kappa shape index (κ2) is 4.79. The minimum absolute atomic E-state index is 0.141. The number of thiazole rings is 1. The van der Waals surface area contributed by atoms with Gasteiger partial charge in [0.1, 0.15) is 11.3 Å². The molecule has 0 aliphatic rings. The summed E-state index contributed by atoms with van der Waals surface area (Å²) in [7, 11) is 0. The number of nitrogens with two attached hydrogens (primary N) is 1. The molecule has 1 aromatic carbocycles. The zero-order chi connectivity index (χ0) is 13.4. The Balaban J connectivity index is 1.86. The second-order valence-corrected chi connectivity index (χ2v) is 5.83. The first-order valence-electron chi connectivity index (χ1n) is 6.28. The molecule has 2 N–H and O–H groups in total. The Morgan fingerprint density at radius 2 is 2.16 bits per heavy atom. The summed E-state index contributed by atoms with van der Waals surface area (Å²) in [4.78, 5) is 4.44. The highest BCUT2D eigenvalue weighted by Gasteiger charge is 2.14. The van der Waals surface area contributed by atoms with Crippen molar-refractivity contribution in [3.63, 3.8) is 0 Å². The van der Waals surface area contributed by atoms with Gasteiger partial charge in [0.2, 0.25) is 0 Å². The number of hydrogen-bond donors (Lipinski definition) is 1. The van der Waals surface area contributed by atoms with E-state index in [1.807, 2.05) is 30.5 Å². The summed E-state index contributed by atoms with van der Waals surface area (Å²) >= 11 is 1.65. The maximum atomic E-state index is 6.21. The van der Waals surface area contributed by atoms with Gasteiger partial charge in [0.15, 0.2) is 0 Å². The van der Waals surface area contributed by atoms with Crippen LogP contribution in [0.5, 0.6) is 0 Å². The van der Waals surface area contributed by atoms with E-state index < -0.39 is 0 Å². The largest absolute Gasteiger partial charge is 0.459 e. The molecule has 0 aliphatic heterocycles. The standard InChI is InChI=1S/C15H16N2OS/c1-9-3-4-13-11(5-9)6-14(18-13)12(16)7-15-17-10(2)8-19-15/h3-6,8,12H,7,16H2,1-2H3. The monoisotopic (exact) mass is 272 g/mol. The molecule has 0 aliphatic carbocycles. The van der Waals surface area contributed by atoms with Crippen molar-refractivity contribution < 1.29 is 4.42 Å². The first-order chi connectivity index (χ1) is 9.11. The van der Waals surface area contributed by atoms with E-state index in [0.717, 1.165) is 33.9 Å². The Morgan fingerprint density at radius 1 is 1.32 bits per heavy atom. The van der Waals surface area contributed by atoms with Crippen molar-refractivity contribution in [3.05, 3.63) is 51.7 Å². The molecule has 0 saturated carbocycles. The van der Waals surface area contributed by atoms with Gasteiger partial charge in [-0.1, -0.05) is 11.6 Å². The second-order valence-electron chi connectivity index (χ2n) is 4.88. The van der Waals surface area contributed by atoms with Gasteiger partial charge in [0, 0.05) is 22.9 Å². The molecule has 1 unspecified atom stereocenters. The van der Waals surface area contributed by atoms with E-state index in [9.17, 15) is 0 Å². The summed E-state index contributed by atoms with van der Waals surface area (Å²) in [5, 5.41) is 4.21. The predicted molar refractivity (Wildman–Crippen MR) is 78.4 cm³/mol. The third-order valence-electron chi connectivity index (χ3n) is 3.12. The molecule has 0 fully saturated rings. The van der Waals surface area contributed by atoms with Gasteiger partial charge in [0.05, 0.1) is 11.0 Å². The zero-order valence-electron chi connectivity index (χ0n) is 11.0. The van der Waals surface area contributed by atoms with Gasteiger partial charge >= 0.3 is 0 Å². The maximum absolute atomic E-state index is 6.21. The van der Waals surface area contributed by atoms with Crippen LogP contribution in [-0.4, -0.2) is 4.98 Å². The molecule has 3 aromatic rings. The van der Waals surface area contributed by atoms with Crippen LogP contribution in [0.15, 0.2) is 34.1 Å². The molecule has 2 aromatic heterocycles. The topological polar surface area (TPSA) is 52.0 Å². The summed E-state index contributed by atoms with van der Waals surface area (Å²) in [6.07, 6.45) is 0.720. The minimum atomic E-state index is -0.141. The third kappa shape index (κ3) is 2.55. The van der Waals surface area contributed by atoms with E-state index in [2.05, 4.69) is 18.0 Å². The summed E-state index contributed by atoms with van der Waals surface area (Å²) < 4.78 is 5.82. The van der Waals surface area contributed by atoms with Gasteiger partial charge < -0.3 is 10.2 Å². The lowest BCUT2D eigenvalue weighted by Gasteiger charge is -2.05. The Bertz CT molecular complexity index is 714. The van der Waals surface area contributed by atoms with Crippen LogP contribution in [0.1, 0.15) is 28.1 Å². The van der Waals surface area contributed by atoms with Crippen LogP contribution < -0.4 is 5.73 Å². The van der Waals surface area contributed by atoms with E-state index in [1.165, 1.54) is 5.56 Å². The fourth-order valence-electron chi connectivity index (χ4n) is 2.15. The summed E-state index contributed by atoms with van der Waals surface area (Å²) in [6.45, 7) is 4.07. The number of fused-ring (bicyclic) bond motifs is 1. The van der Waals surface area contributed by atoms with Gasteiger partial charge in [-0.15, -0.1) is 11.3 Å². The molecule has 0 radical (unpaired) electrons. The summed E-state index contributed by atoms with van der Waals surface area (Å²) in [6, 6.07) is 8.05. The van der Waals surface area contributed by atoms with Gasteiger partial charge in [-0.05, 0) is 32.0 Å². The average Bonchev–Trinajstić information content (AvgIpc) is 2.95. The number of nitrogens with zero attached hydrogens (tertiary/aromatic N) is 1. The van der Waals surface area contributed by atoms with Crippen molar-refractivity contribution in [3.8, 4) is 0 Å². The number of furan rings is 1. The number of aromatic nitrogens is 1. The molecule has 1 atom stereocenters. The van der Waals surface area contributed by atoms with Gasteiger partial charge in [0.25, 0.3) is 0 Å². The molecule has 0 amide bonds. The SMILES string of the molecule is Cc1ccc2oc(C(N)Cc3nc(C)cs3)cc2c1. The van der Waals surface area contributed by atoms with E-state index in [-0.39, 0.29) is 6.04 Å². The van der Waals surface area contributed by atoms with Crippen molar-refractivity contribution in [1.29, 1.82) is 0 Å².